The Morgan fingerprint density at radius 1 is 1.06 bits per heavy atom. The van der Waals surface area contributed by atoms with E-state index in [9.17, 15) is 13.2 Å². The van der Waals surface area contributed by atoms with Gasteiger partial charge in [-0.3, -0.25) is 9.78 Å². The lowest BCUT2D eigenvalue weighted by Crippen LogP contribution is -2.30. The maximum Gasteiger partial charge on any atom is 0.244 e. The van der Waals surface area contributed by atoms with Crippen molar-refractivity contribution in [3.8, 4) is 0 Å². The van der Waals surface area contributed by atoms with Crippen LogP contribution in [0.1, 0.15) is 38.1 Å². The number of hydrogen-bond donors (Lipinski definition) is 1. The fourth-order valence-corrected chi connectivity index (χ4v) is 4.66. The average molecular weight is 439 g/mol. The fourth-order valence-electron chi connectivity index (χ4n) is 3.20. The second-order valence-corrected chi connectivity index (χ2v) is 8.94. The van der Waals surface area contributed by atoms with E-state index in [2.05, 4.69) is 15.3 Å². The number of aromatic nitrogens is 2. The van der Waals surface area contributed by atoms with E-state index in [1.165, 1.54) is 10.4 Å². The van der Waals surface area contributed by atoms with Gasteiger partial charge in [0.25, 0.3) is 0 Å². The predicted molar refractivity (Wildman–Crippen MR) is 122 cm³/mol. The molecule has 162 valence electrons. The van der Waals surface area contributed by atoms with Crippen LogP contribution >= 0.6 is 0 Å². The first kappa shape index (κ1) is 22.6. The zero-order valence-corrected chi connectivity index (χ0v) is 18.6. The first-order valence-electron chi connectivity index (χ1n) is 10.2. The van der Waals surface area contributed by atoms with Gasteiger partial charge in [-0.2, -0.15) is 4.31 Å². The molecule has 7 nitrogen and oxygen atoms in total. The number of amides is 1. The lowest BCUT2D eigenvalue weighted by Gasteiger charge is -2.19. The molecule has 0 aliphatic rings. The van der Waals surface area contributed by atoms with Crippen LogP contribution in [-0.2, 0) is 14.8 Å². The number of fused-ring (bicyclic) bond motifs is 1. The Morgan fingerprint density at radius 3 is 2.35 bits per heavy atom. The number of sulfonamides is 1. The number of nitrogens with zero attached hydrogens (tertiary/aromatic N) is 3. The van der Waals surface area contributed by atoms with E-state index in [1.54, 1.807) is 36.5 Å². The molecule has 1 aromatic heterocycles. The number of carbonyl (C=O) groups is 1. The summed E-state index contributed by atoms with van der Waals surface area (Å²) >= 11 is 0. The molecular weight excluding hydrogens is 412 g/mol. The summed E-state index contributed by atoms with van der Waals surface area (Å²) in [6.07, 6.45) is 4.64. The van der Waals surface area contributed by atoms with Gasteiger partial charge in [-0.1, -0.05) is 38.1 Å². The zero-order valence-electron chi connectivity index (χ0n) is 17.8. The smallest absolute Gasteiger partial charge is 0.244 e. The minimum atomic E-state index is -3.50. The molecule has 3 rings (SSSR count). The van der Waals surface area contributed by atoms with Crippen LogP contribution in [-0.4, -0.2) is 41.7 Å². The highest BCUT2D eigenvalue weighted by molar-refractivity contribution is 7.89. The molecule has 0 aliphatic heterocycles. The highest BCUT2D eigenvalue weighted by Gasteiger charge is 2.21. The number of hydrogen-bond acceptors (Lipinski definition) is 5. The molecular formula is C23H26N4O3S. The molecule has 0 bridgehead atoms. The Bertz CT molecular complexity index is 1190. The lowest BCUT2D eigenvalue weighted by atomic mass is 10.1. The minimum absolute atomic E-state index is 0.244. The number of rotatable bonds is 8. The third-order valence-corrected chi connectivity index (χ3v) is 7.02. The Balaban J connectivity index is 1.65. The Labute approximate surface area is 182 Å². The fraction of sp³-hybridized carbons (Fsp3) is 0.261. The molecule has 1 amide bonds. The predicted octanol–water partition coefficient (Wildman–Crippen LogP) is 3.55. The summed E-state index contributed by atoms with van der Waals surface area (Å²) in [5, 5.41) is 2.87. The quantitative estimate of drug-likeness (QED) is 0.543. The Morgan fingerprint density at radius 2 is 1.71 bits per heavy atom. The number of para-hydroxylation sites is 2. The van der Waals surface area contributed by atoms with Crippen LogP contribution in [0.25, 0.3) is 17.1 Å². The van der Waals surface area contributed by atoms with Gasteiger partial charge in [-0.05, 0) is 42.8 Å². The summed E-state index contributed by atoms with van der Waals surface area (Å²) in [6.45, 7) is 6.30. The average Bonchev–Trinajstić information content (AvgIpc) is 2.78. The zero-order chi connectivity index (χ0) is 22.4. The molecule has 31 heavy (non-hydrogen) atoms. The van der Waals surface area contributed by atoms with Crippen molar-refractivity contribution >= 4 is 33.0 Å². The monoisotopic (exact) mass is 438 g/mol. The van der Waals surface area contributed by atoms with Gasteiger partial charge in [-0.25, -0.2) is 13.4 Å². The van der Waals surface area contributed by atoms with Crippen molar-refractivity contribution in [1.82, 2.24) is 19.6 Å². The molecule has 1 N–H and O–H groups in total. The van der Waals surface area contributed by atoms with E-state index in [-0.39, 0.29) is 16.8 Å². The SMILES string of the molecule is CCN(CC)S(=O)(=O)c1ccc(C(C)NC(=O)/C=C/c2cnc3ccccc3n2)cc1. The summed E-state index contributed by atoms with van der Waals surface area (Å²) < 4.78 is 26.6. The van der Waals surface area contributed by atoms with E-state index < -0.39 is 10.0 Å². The van der Waals surface area contributed by atoms with E-state index in [1.807, 2.05) is 45.0 Å². The summed E-state index contributed by atoms with van der Waals surface area (Å²) in [5.74, 6) is -0.276. The molecule has 1 heterocycles. The summed E-state index contributed by atoms with van der Waals surface area (Å²) in [7, 11) is -3.50. The summed E-state index contributed by atoms with van der Waals surface area (Å²) in [5.41, 5.74) is 2.96. The summed E-state index contributed by atoms with van der Waals surface area (Å²) in [6, 6.07) is 13.8. The summed E-state index contributed by atoms with van der Waals surface area (Å²) in [4.78, 5) is 21.3. The normalized spacial score (nSPS) is 13.0. The van der Waals surface area contributed by atoms with Crippen molar-refractivity contribution in [2.24, 2.45) is 0 Å². The van der Waals surface area contributed by atoms with Crippen LogP contribution in [0, 0.1) is 0 Å². The number of carbonyl (C=O) groups excluding carboxylic acids is 1. The van der Waals surface area contributed by atoms with Gasteiger partial charge in [0.05, 0.1) is 33.9 Å². The van der Waals surface area contributed by atoms with Crippen molar-refractivity contribution in [3.63, 3.8) is 0 Å². The van der Waals surface area contributed by atoms with Crippen molar-refractivity contribution in [2.75, 3.05) is 13.1 Å². The maximum absolute atomic E-state index is 12.6. The second-order valence-electron chi connectivity index (χ2n) is 7.01. The molecule has 1 atom stereocenters. The third kappa shape index (κ3) is 5.34. The first-order chi connectivity index (χ1) is 14.8. The van der Waals surface area contributed by atoms with Crippen LogP contribution < -0.4 is 5.32 Å². The first-order valence-corrected chi connectivity index (χ1v) is 11.6. The number of nitrogens with one attached hydrogen (secondary N) is 1. The van der Waals surface area contributed by atoms with Gasteiger partial charge in [-0.15, -0.1) is 0 Å². The molecule has 0 fully saturated rings. The topological polar surface area (TPSA) is 92.3 Å². The van der Waals surface area contributed by atoms with Gasteiger partial charge < -0.3 is 5.32 Å². The van der Waals surface area contributed by atoms with Gasteiger partial charge >= 0.3 is 0 Å². The minimum Gasteiger partial charge on any atom is -0.346 e. The molecule has 3 aromatic rings. The third-order valence-electron chi connectivity index (χ3n) is 4.95. The molecule has 0 radical (unpaired) electrons. The largest absolute Gasteiger partial charge is 0.346 e. The van der Waals surface area contributed by atoms with Crippen LogP contribution in [0.15, 0.2) is 65.7 Å². The Hall–Kier alpha value is -3.10. The number of benzene rings is 2. The van der Waals surface area contributed by atoms with Gasteiger partial charge in [0, 0.05) is 19.2 Å². The van der Waals surface area contributed by atoms with E-state index in [0.29, 0.717) is 18.8 Å². The van der Waals surface area contributed by atoms with E-state index >= 15 is 0 Å². The van der Waals surface area contributed by atoms with Crippen LogP contribution in [0.4, 0.5) is 0 Å². The molecule has 0 saturated heterocycles. The van der Waals surface area contributed by atoms with Crippen LogP contribution in [0.3, 0.4) is 0 Å². The highest BCUT2D eigenvalue weighted by Crippen LogP contribution is 2.19. The maximum atomic E-state index is 12.6. The van der Waals surface area contributed by atoms with Crippen LogP contribution in [0.2, 0.25) is 0 Å². The molecule has 1 unspecified atom stereocenters. The molecule has 2 aromatic carbocycles. The molecule has 0 saturated carbocycles. The van der Waals surface area contributed by atoms with Crippen molar-refractivity contribution in [3.05, 3.63) is 72.1 Å². The van der Waals surface area contributed by atoms with Gasteiger partial charge in [0.2, 0.25) is 15.9 Å². The standard InChI is InChI=1S/C23H26N4O3S/c1-4-27(5-2)31(29,30)20-13-10-18(11-14-20)17(3)25-23(28)15-12-19-16-24-21-8-6-7-9-22(21)26-19/h6-17H,4-5H2,1-3H3,(H,25,28)/b15-12+. The van der Waals surface area contributed by atoms with Crippen molar-refractivity contribution in [2.45, 2.75) is 31.7 Å². The lowest BCUT2D eigenvalue weighted by molar-refractivity contribution is -0.117. The van der Waals surface area contributed by atoms with Gasteiger partial charge in [0.15, 0.2) is 0 Å². The van der Waals surface area contributed by atoms with Gasteiger partial charge in [0.1, 0.15) is 0 Å². The van der Waals surface area contributed by atoms with E-state index in [4.69, 9.17) is 0 Å². The van der Waals surface area contributed by atoms with Crippen LogP contribution in [0.5, 0.6) is 0 Å². The highest BCUT2D eigenvalue weighted by atomic mass is 32.2. The second kappa shape index (κ2) is 9.80. The van der Waals surface area contributed by atoms with Crippen molar-refractivity contribution in [1.29, 1.82) is 0 Å². The van der Waals surface area contributed by atoms with Crippen molar-refractivity contribution < 1.29 is 13.2 Å². The molecule has 0 spiro atoms. The Kier molecular flexibility index (Phi) is 7.14. The molecule has 8 heteroatoms. The van der Waals surface area contributed by atoms with E-state index in [0.717, 1.165) is 16.6 Å². The molecule has 0 aliphatic carbocycles.